The summed E-state index contributed by atoms with van der Waals surface area (Å²) in [6.45, 7) is 3.50. The highest BCUT2D eigenvalue weighted by Crippen LogP contribution is 2.04. The molecule has 7 heteroatoms. The molecule has 1 N–H and O–H groups in total. The van der Waals surface area contributed by atoms with Crippen LogP contribution in [0.1, 0.15) is 24.7 Å². The van der Waals surface area contributed by atoms with Gasteiger partial charge in [0.05, 0.1) is 30.2 Å². The van der Waals surface area contributed by atoms with Crippen molar-refractivity contribution in [1.29, 1.82) is 5.26 Å². The van der Waals surface area contributed by atoms with Gasteiger partial charge in [0, 0.05) is 6.20 Å². The predicted octanol–water partition coefficient (Wildman–Crippen LogP) is 0.507. The van der Waals surface area contributed by atoms with E-state index in [-0.39, 0.29) is 13.0 Å². The normalized spacial score (nSPS) is 13.0. The van der Waals surface area contributed by atoms with Crippen LogP contribution in [0.15, 0.2) is 12.4 Å². The number of aromatic nitrogens is 2. The van der Waals surface area contributed by atoms with Gasteiger partial charge in [-0.2, -0.15) is 5.26 Å². The van der Waals surface area contributed by atoms with Gasteiger partial charge in [0.25, 0.3) is 0 Å². The molecule has 0 aliphatic carbocycles. The molecule has 6 nitrogen and oxygen atoms in total. The Bertz CT molecular complexity index is 504. The minimum Gasteiger partial charge on any atom is -0.258 e. The molecule has 1 heterocycles. The van der Waals surface area contributed by atoms with Crippen LogP contribution < -0.4 is 4.72 Å². The van der Waals surface area contributed by atoms with E-state index in [1.807, 2.05) is 0 Å². The Morgan fingerprint density at radius 2 is 2.18 bits per heavy atom. The lowest BCUT2D eigenvalue weighted by Gasteiger charge is -2.09. The Hall–Kier alpha value is -1.52. The first-order chi connectivity index (χ1) is 7.99. The molecule has 17 heavy (non-hydrogen) atoms. The number of rotatable bonds is 5. The molecule has 0 amide bonds. The fourth-order valence-electron chi connectivity index (χ4n) is 1.17. The summed E-state index contributed by atoms with van der Waals surface area (Å²) in [5.74, 6) is 0. The topological polar surface area (TPSA) is 95.7 Å². The van der Waals surface area contributed by atoms with E-state index in [2.05, 4.69) is 14.7 Å². The molecule has 92 valence electrons. The number of sulfonamides is 1. The third-order valence-corrected chi connectivity index (χ3v) is 3.91. The summed E-state index contributed by atoms with van der Waals surface area (Å²) in [6.07, 6.45) is 3.32. The SMILES string of the molecule is CCC(C#N)S(=O)(=O)NCc1cnc(C)cn1. The van der Waals surface area contributed by atoms with Gasteiger partial charge in [-0.3, -0.25) is 9.97 Å². The zero-order chi connectivity index (χ0) is 12.9. The van der Waals surface area contributed by atoms with E-state index in [0.29, 0.717) is 5.69 Å². The summed E-state index contributed by atoms with van der Waals surface area (Å²) in [4.78, 5) is 8.02. The lowest BCUT2D eigenvalue weighted by Crippen LogP contribution is -2.33. The van der Waals surface area contributed by atoms with Crippen LogP contribution in [0.5, 0.6) is 0 Å². The minimum absolute atomic E-state index is 0.0494. The quantitative estimate of drug-likeness (QED) is 0.825. The molecule has 0 saturated heterocycles. The average Bonchev–Trinajstić information content (AvgIpc) is 2.29. The fraction of sp³-hybridized carbons (Fsp3) is 0.500. The molecule has 0 aliphatic rings. The first-order valence-electron chi connectivity index (χ1n) is 5.15. The zero-order valence-electron chi connectivity index (χ0n) is 9.71. The second-order valence-corrected chi connectivity index (χ2v) is 5.49. The summed E-state index contributed by atoms with van der Waals surface area (Å²) in [5.41, 5.74) is 1.28. The maximum atomic E-state index is 11.7. The van der Waals surface area contributed by atoms with Crippen LogP contribution in [0, 0.1) is 18.3 Å². The van der Waals surface area contributed by atoms with Gasteiger partial charge in [0.1, 0.15) is 0 Å². The van der Waals surface area contributed by atoms with Gasteiger partial charge in [0.2, 0.25) is 10.0 Å². The van der Waals surface area contributed by atoms with E-state index in [0.717, 1.165) is 5.69 Å². The van der Waals surface area contributed by atoms with E-state index in [4.69, 9.17) is 5.26 Å². The number of nitrogens with zero attached hydrogens (tertiary/aromatic N) is 3. The molecule has 0 fully saturated rings. The van der Waals surface area contributed by atoms with E-state index in [1.54, 1.807) is 26.1 Å². The Labute approximate surface area is 101 Å². The van der Waals surface area contributed by atoms with Crippen molar-refractivity contribution in [3.63, 3.8) is 0 Å². The number of hydrogen-bond acceptors (Lipinski definition) is 5. The highest BCUT2D eigenvalue weighted by molar-refractivity contribution is 7.90. The lowest BCUT2D eigenvalue weighted by molar-refractivity contribution is 0.571. The van der Waals surface area contributed by atoms with Crippen LogP contribution in [0.4, 0.5) is 0 Å². The van der Waals surface area contributed by atoms with Crippen molar-refractivity contribution in [3.05, 3.63) is 23.8 Å². The zero-order valence-corrected chi connectivity index (χ0v) is 10.5. The third-order valence-electron chi connectivity index (χ3n) is 2.18. The summed E-state index contributed by atoms with van der Waals surface area (Å²) >= 11 is 0. The number of nitriles is 1. The van der Waals surface area contributed by atoms with E-state index >= 15 is 0 Å². The molecule has 0 spiro atoms. The van der Waals surface area contributed by atoms with Gasteiger partial charge in [0.15, 0.2) is 5.25 Å². The maximum absolute atomic E-state index is 11.7. The molecule has 1 aromatic rings. The molecule has 0 aliphatic heterocycles. The van der Waals surface area contributed by atoms with Crippen molar-refractivity contribution in [1.82, 2.24) is 14.7 Å². The number of aryl methyl sites for hydroxylation is 1. The summed E-state index contributed by atoms with van der Waals surface area (Å²) in [5, 5.41) is 7.67. The molecule has 1 unspecified atom stereocenters. The largest absolute Gasteiger partial charge is 0.258 e. The van der Waals surface area contributed by atoms with Crippen molar-refractivity contribution in [2.75, 3.05) is 0 Å². The Morgan fingerprint density at radius 3 is 2.65 bits per heavy atom. The van der Waals surface area contributed by atoms with Crippen LogP contribution in [-0.4, -0.2) is 23.6 Å². The van der Waals surface area contributed by atoms with Gasteiger partial charge in [-0.25, -0.2) is 13.1 Å². The molecule has 1 rings (SSSR count). The van der Waals surface area contributed by atoms with Crippen LogP contribution in [-0.2, 0) is 16.6 Å². The lowest BCUT2D eigenvalue weighted by atomic mass is 10.4. The van der Waals surface area contributed by atoms with Gasteiger partial charge in [-0.05, 0) is 13.3 Å². The molecule has 0 radical (unpaired) electrons. The maximum Gasteiger partial charge on any atom is 0.228 e. The molecule has 1 aromatic heterocycles. The molecular weight excluding hydrogens is 240 g/mol. The molecule has 0 bridgehead atoms. The van der Waals surface area contributed by atoms with Gasteiger partial charge < -0.3 is 0 Å². The van der Waals surface area contributed by atoms with E-state index in [9.17, 15) is 8.42 Å². The van der Waals surface area contributed by atoms with Crippen LogP contribution in [0.2, 0.25) is 0 Å². The molecule has 0 aromatic carbocycles. The summed E-state index contributed by atoms with van der Waals surface area (Å²) in [6, 6.07) is 1.75. The third kappa shape index (κ3) is 3.76. The first-order valence-corrected chi connectivity index (χ1v) is 6.70. The van der Waals surface area contributed by atoms with Crippen molar-refractivity contribution >= 4 is 10.0 Å². The van der Waals surface area contributed by atoms with Crippen molar-refractivity contribution < 1.29 is 8.42 Å². The Kier molecular flexibility index (Phi) is 4.54. The van der Waals surface area contributed by atoms with E-state index < -0.39 is 15.3 Å². The number of hydrogen-bond donors (Lipinski definition) is 1. The van der Waals surface area contributed by atoms with Gasteiger partial charge in [-0.1, -0.05) is 6.92 Å². The molecular formula is C10H14N4O2S. The van der Waals surface area contributed by atoms with Crippen LogP contribution >= 0.6 is 0 Å². The summed E-state index contributed by atoms with van der Waals surface area (Å²) in [7, 11) is -3.61. The average molecular weight is 254 g/mol. The smallest absolute Gasteiger partial charge is 0.228 e. The minimum atomic E-state index is -3.61. The molecule has 1 atom stereocenters. The Balaban J connectivity index is 2.68. The van der Waals surface area contributed by atoms with Crippen molar-refractivity contribution in [2.24, 2.45) is 0 Å². The fourth-order valence-corrected chi connectivity index (χ4v) is 2.29. The highest BCUT2D eigenvalue weighted by Gasteiger charge is 2.22. The van der Waals surface area contributed by atoms with Gasteiger partial charge >= 0.3 is 0 Å². The van der Waals surface area contributed by atoms with E-state index in [1.165, 1.54) is 6.20 Å². The highest BCUT2D eigenvalue weighted by atomic mass is 32.2. The second kappa shape index (κ2) is 5.70. The molecule has 0 saturated carbocycles. The van der Waals surface area contributed by atoms with Crippen molar-refractivity contribution in [3.8, 4) is 6.07 Å². The van der Waals surface area contributed by atoms with Crippen molar-refractivity contribution in [2.45, 2.75) is 32.1 Å². The van der Waals surface area contributed by atoms with Crippen LogP contribution in [0.25, 0.3) is 0 Å². The standard InChI is InChI=1S/C10H14N4O2S/c1-3-10(4-11)17(15,16)14-7-9-6-12-8(2)5-13-9/h5-6,10,14H,3,7H2,1-2H3. The van der Waals surface area contributed by atoms with Crippen LogP contribution in [0.3, 0.4) is 0 Å². The first kappa shape index (κ1) is 13.5. The Morgan fingerprint density at radius 1 is 1.47 bits per heavy atom. The summed E-state index contributed by atoms with van der Waals surface area (Å²) < 4.78 is 25.6. The second-order valence-electron chi connectivity index (χ2n) is 3.54. The monoisotopic (exact) mass is 254 g/mol. The number of nitrogens with one attached hydrogen (secondary N) is 1. The predicted molar refractivity (Wildman–Crippen MR) is 62.2 cm³/mol. The van der Waals surface area contributed by atoms with Gasteiger partial charge in [-0.15, -0.1) is 0 Å².